The van der Waals surface area contributed by atoms with Gasteiger partial charge >= 0.3 is 0 Å². The minimum atomic E-state index is -1.11. The van der Waals surface area contributed by atoms with Crippen molar-refractivity contribution in [3.63, 3.8) is 0 Å². The van der Waals surface area contributed by atoms with E-state index in [9.17, 15) is 0 Å². The average Bonchev–Trinajstić information content (AvgIpc) is 3.22. The molecule has 0 aromatic heterocycles. The molecule has 37 heavy (non-hydrogen) atoms. The maximum atomic E-state index is 7.23. The highest BCUT2D eigenvalue weighted by atomic mass is 16.7. The number of nitrogen functional groups attached to an aromatic ring is 2. The molecule has 1 spiro atoms. The molecule has 4 aromatic carbocycles. The van der Waals surface area contributed by atoms with Crippen LogP contribution in [-0.4, -0.2) is 5.79 Å². The number of rotatable bonds is 4. The van der Waals surface area contributed by atoms with Crippen LogP contribution in [0.4, 0.5) is 11.4 Å². The van der Waals surface area contributed by atoms with Crippen LogP contribution in [0.5, 0.6) is 11.5 Å². The van der Waals surface area contributed by atoms with Crippen LogP contribution in [0.3, 0.4) is 0 Å². The second-order valence-electron chi connectivity index (χ2n) is 11.6. The summed E-state index contributed by atoms with van der Waals surface area (Å²) >= 11 is 0. The Hall–Kier alpha value is -3.92. The molecular formula is C33H34N2O2. The van der Waals surface area contributed by atoms with Crippen LogP contribution in [0.2, 0.25) is 0 Å². The van der Waals surface area contributed by atoms with Crippen LogP contribution in [0.1, 0.15) is 56.4 Å². The zero-order valence-corrected chi connectivity index (χ0v) is 21.9. The summed E-state index contributed by atoms with van der Waals surface area (Å²) in [7, 11) is 0. The predicted octanol–water partition coefficient (Wildman–Crippen LogP) is 6.96. The Kier molecular flexibility index (Phi) is 4.94. The van der Waals surface area contributed by atoms with E-state index in [4.69, 9.17) is 20.9 Å². The molecule has 188 valence electrons. The quantitative estimate of drug-likeness (QED) is 0.240. The van der Waals surface area contributed by atoms with Gasteiger partial charge in [-0.2, -0.15) is 0 Å². The van der Waals surface area contributed by atoms with E-state index >= 15 is 0 Å². The topological polar surface area (TPSA) is 70.5 Å². The van der Waals surface area contributed by atoms with Gasteiger partial charge in [0, 0.05) is 11.4 Å². The van der Waals surface area contributed by atoms with Gasteiger partial charge in [-0.3, -0.25) is 0 Å². The first-order chi connectivity index (χ1) is 17.6. The second-order valence-corrected chi connectivity index (χ2v) is 11.6. The summed E-state index contributed by atoms with van der Waals surface area (Å²) in [5, 5.41) is 0. The standard InChI is InChI=1S/C33H34N2O2/c1-30(2)21-32(28-11-7-5-9-26(28)30)29-12-8-6-10-27(29)31(3,4)33(32,36-24-17-13-22(34)14-18-24)37-25-19-15-23(35)16-20-25/h5-20H,21,34-35H2,1-4H3. The Morgan fingerprint density at radius 1 is 0.541 bits per heavy atom. The zero-order chi connectivity index (χ0) is 26.1. The first-order valence-electron chi connectivity index (χ1n) is 12.9. The lowest BCUT2D eigenvalue weighted by Crippen LogP contribution is -2.65. The summed E-state index contributed by atoms with van der Waals surface area (Å²) in [6.07, 6.45) is 0.837. The number of fused-ring (bicyclic) bond motifs is 4. The number of benzene rings is 4. The van der Waals surface area contributed by atoms with Crippen LogP contribution < -0.4 is 20.9 Å². The monoisotopic (exact) mass is 490 g/mol. The Balaban J connectivity index is 1.70. The molecule has 0 saturated heterocycles. The molecule has 0 radical (unpaired) electrons. The van der Waals surface area contributed by atoms with Gasteiger partial charge in [-0.1, -0.05) is 62.4 Å². The highest BCUT2D eigenvalue weighted by Crippen LogP contribution is 2.68. The van der Waals surface area contributed by atoms with Crippen molar-refractivity contribution >= 4 is 11.4 Å². The van der Waals surface area contributed by atoms with Gasteiger partial charge in [0.15, 0.2) is 0 Å². The summed E-state index contributed by atoms with van der Waals surface area (Å²) in [4.78, 5) is 0. The maximum absolute atomic E-state index is 7.23. The lowest BCUT2D eigenvalue weighted by atomic mass is 9.66. The fraction of sp³-hybridized carbons (Fsp3) is 0.273. The van der Waals surface area contributed by atoms with Gasteiger partial charge in [0.1, 0.15) is 11.5 Å². The number of hydrogen-bond donors (Lipinski definition) is 2. The van der Waals surface area contributed by atoms with Gasteiger partial charge in [-0.05, 0) is 96.5 Å². The molecule has 6 rings (SSSR count). The molecule has 1 atom stereocenters. The minimum Gasteiger partial charge on any atom is -0.450 e. The maximum Gasteiger partial charge on any atom is 0.273 e. The molecule has 4 aromatic rings. The fourth-order valence-electron chi connectivity index (χ4n) is 6.97. The highest BCUT2D eigenvalue weighted by molar-refractivity contribution is 5.64. The van der Waals surface area contributed by atoms with Crippen LogP contribution in [0, 0.1) is 0 Å². The van der Waals surface area contributed by atoms with E-state index in [2.05, 4.69) is 76.2 Å². The van der Waals surface area contributed by atoms with Gasteiger partial charge < -0.3 is 20.9 Å². The van der Waals surface area contributed by atoms with Gasteiger partial charge in [0.05, 0.1) is 10.8 Å². The molecule has 0 fully saturated rings. The smallest absolute Gasteiger partial charge is 0.273 e. The van der Waals surface area contributed by atoms with Crippen LogP contribution in [0.25, 0.3) is 0 Å². The summed E-state index contributed by atoms with van der Waals surface area (Å²) in [5.74, 6) is 0.318. The van der Waals surface area contributed by atoms with Crippen molar-refractivity contribution in [2.75, 3.05) is 11.5 Å². The second kappa shape index (κ2) is 7.79. The van der Waals surface area contributed by atoms with E-state index in [1.54, 1.807) is 0 Å². The fourth-order valence-corrected chi connectivity index (χ4v) is 6.97. The molecule has 4 heteroatoms. The van der Waals surface area contributed by atoms with Gasteiger partial charge in [0.2, 0.25) is 0 Å². The van der Waals surface area contributed by atoms with Crippen molar-refractivity contribution in [3.05, 3.63) is 119 Å². The lowest BCUT2D eigenvalue weighted by Gasteiger charge is -2.50. The van der Waals surface area contributed by atoms with Gasteiger partial charge in [0.25, 0.3) is 5.79 Å². The van der Waals surface area contributed by atoms with Crippen molar-refractivity contribution in [1.82, 2.24) is 0 Å². The SMILES string of the molecule is CC1(C)CC2(c3ccccc31)c1ccccc1C(C)(C)C2(Oc1ccc(N)cc1)Oc1ccc(N)cc1. The van der Waals surface area contributed by atoms with E-state index in [0.717, 1.165) is 6.42 Å². The molecule has 0 bridgehead atoms. The van der Waals surface area contributed by atoms with E-state index in [1.165, 1.54) is 22.3 Å². The molecule has 2 aliphatic rings. The van der Waals surface area contributed by atoms with Gasteiger partial charge in [-0.15, -0.1) is 0 Å². The minimum absolute atomic E-state index is 0.0929. The molecule has 0 saturated carbocycles. The number of ether oxygens (including phenoxy) is 2. The summed E-state index contributed by atoms with van der Waals surface area (Å²) < 4.78 is 14.5. The number of nitrogens with two attached hydrogens (primary N) is 2. The molecule has 0 amide bonds. The van der Waals surface area contributed by atoms with Crippen molar-refractivity contribution in [1.29, 1.82) is 0 Å². The van der Waals surface area contributed by atoms with Crippen molar-refractivity contribution < 1.29 is 9.47 Å². The van der Waals surface area contributed by atoms with E-state index in [-0.39, 0.29) is 5.41 Å². The lowest BCUT2D eigenvalue weighted by molar-refractivity contribution is -0.193. The first kappa shape index (κ1) is 23.5. The first-order valence-corrected chi connectivity index (χ1v) is 12.9. The third kappa shape index (κ3) is 3.14. The predicted molar refractivity (Wildman–Crippen MR) is 150 cm³/mol. The summed E-state index contributed by atoms with van der Waals surface area (Å²) in [5.41, 5.74) is 17.3. The molecule has 0 heterocycles. The van der Waals surface area contributed by atoms with Crippen molar-refractivity contribution in [2.45, 2.75) is 56.1 Å². The molecule has 1 unspecified atom stereocenters. The van der Waals surface area contributed by atoms with E-state index in [0.29, 0.717) is 22.9 Å². The zero-order valence-electron chi connectivity index (χ0n) is 21.9. The largest absolute Gasteiger partial charge is 0.450 e. The molecule has 0 aliphatic heterocycles. The van der Waals surface area contributed by atoms with Crippen LogP contribution >= 0.6 is 0 Å². The van der Waals surface area contributed by atoms with Crippen molar-refractivity contribution in [3.8, 4) is 11.5 Å². The molecule has 4 nitrogen and oxygen atoms in total. The molecule has 4 N–H and O–H groups in total. The highest BCUT2D eigenvalue weighted by Gasteiger charge is 2.75. The summed E-state index contributed by atoms with van der Waals surface area (Å²) in [6, 6.07) is 32.8. The van der Waals surface area contributed by atoms with E-state index < -0.39 is 16.6 Å². The number of hydrogen-bond acceptors (Lipinski definition) is 4. The van der Waals surface area contributed by atoms with Crippen LogP contribution in [-0.2, 0) is 16.2 Å². The molecular weight excluding hydrogens is 456 g/mol. The number of anilines is 2. The van der Waals surface area contributed by atoms with Crippen molar-refractivity contribution in [2.24, 2.45) is 0 Å². The Bertz CT molecular complexity index is 1410. The normalized spacial score (nSPS) is 21.8. The third-order valence-corrected chi connectivity index (χ3v) is 8.55. The van der Waals surface area contributed by atoms with Crippen LogP contribution in [0.15, 0.2) is 97.1 Å². The third-order valence-electron chi connectivity index (χ3n) is 8.55. The molecule has 2 aliphatic carbocycles. The Morgan fingerprint density at radius 3 is 1.43 bits per heavy atom. The average molecular weight is 491 g/mol. The Labute approximate surface area is 219 Å². The van der Waals surface area contributed by atoms with Gasteiger partial charge in [-0.25, -0.2) is 0 Å². The Morgan fingerprint density at radius 2 is 0.946 bits per heavy atom. The van der Waals surface area contributed by atoms with E-state index in [1.807, 2.05) is 48.5 Å². The summed E-state index contributed by atoms with van der Waals surface area (Å²) in [6.45, 7) is 9.13.